The molecule has 0 fully saturated rings. The van der Waals surface area contributed by atoms with Crippen molar-refractivity contribution in [3.05, 3.63) is 66.9 Å². The van der Waals surface area contributed by atoms with Gasteiger partial charge in [0.15, 0.2) is 0 Å². The van der Waals surface area contributed by atoms with Crippen LogP contribution in [0.15, 0.2) is 40.1 Å². The van der Waals surface area contributed by atoms with Crippen LogP contribution >= 0.6 is 23.2 Å². The Morgan fingerprint density at radius 2 is 1.95 bits per heavy atom. The van der Waals surface area contributed by atoms with Crippen molar-refractivity contribution in [2.75, 3.05) is 7.05 Å². The Kier molecular flexibility index (Phi) is 5.05. The predicted octanol–water partition coefficient (Wildman–Crippen LogP) is 1.50. The summed E-state index contributed by atoms with van der Waals surface area (Å²) in [6, 6.07) is 6.29. The van der Waals surface area contributed by atoms with Gasteiger partial charge in [-0.1, -0.05) is 29.3 Å². The van der Waals surface area contributed by atoms with E-state index in [1.165, 1.54) is 17.2 Å². The van der Waals surface area contributed by atoms with Crippen molar-refractivity contribution in [2.45, 2.75) is 13.1 Å². The lowest BCUT2D eigenvalue weighted by molar-refractivity contribution is -0.131. The van der Waals surface area contributed by atoms with Gasteiger partial charge in [0.25, 0.3) is 5.56 Å². The van der Waals surface area contributed by atoms with E-state index in [4.69, 9.17) is 23.2 Å². The van der Waals surface area contributed by atoms with Gasteiger partial charge in [0.05, 0.1) is 10.0 Å². The summed E-state index contributed by atoms with van der Waals surface area (Å²) >= 11 is 11.8. The van der Waals surface area contributed by atoms with E-state index in [2.05, 4.69) is 4.98 Å². The topological polar surface area (TPSA) is 75.2 Å². The van der Waals surface area contributed by atoms with Crippen LogP contribution < -0.4 is 11.2 Å². The second kappa shape index (κ2) is 6.81. The molecule has 8 heteroatoms. The number of likely N-dealkylation sites (N-methyl/N-ethyl adjacent to an activating group) is 1. The van der Waals surface area contributed by atoms with Crippen LogP contribution in [0, 0.1) is 0 Å². The number of rotatable bonds is 4. The standard InChI is InChI=1S/C14H13Cl2N3O3/c1-18(7-9-2-3-10(15)11(16)6-9)13(21)8-19-5-4-12(20)17-14(19)22/h2-6H,7-8H2,1H3,(H,17,20,22). The molecule has 0 spiro atoms. The number of carbonyl (C=O) groups is 1. The lowest BCUT2D eigenvalue weighted by atomic mass is 10.2. The van der Waals surface area contributed by atoms with Crippen LogP contribution in [0.4, 0.5) is 0 Å². The summed E-state index contributed by atoms with van der Waals surface area (Å²) in [6.45, 7) is 0.168. The van der Waals surface area contributed by atoms with Gasteiger partial charge in [-0.25, -0.2) is 4.79 Å². The lowest BCUT2D eigenvalue weighted by Gasteiger charge is -2.18. The molecular weight excluding hydrogens is 329 g/mol. The highest BCUT2D eigenvalue weighted by Gasteiger charge is 2.12. The van der Waals surface area contributed by atoms with Crippen LogP contribution in [0.2, 0.25) is 10.0 Å². The summed E-state index contributed by atoms with van der Waals surface area (Å²) in [7, 11) is 1.61. The zero-order valence-corrected chi connectivity index (χ0v) is 13.2. The van der Waals surface area contributed by atoms with E-state index in [1.54, 1.807) is 25.2 Å². The largest absolute Gasteiger partial charge is 0.340 e. The van der Waals surface area contributed by atoms with Gasteiger partial charge in [0, 0.05) is 25.9 Å². The summed E-state index contributed by atoms with van der Waals surface area (Å²) in [4.78, 5) is 38.2. The number of amides is 1. The summed E-state index contributed by atoms with van der Waals surface area (Å²) in [5.74, 6) is -0.278. The van der Waals surface area contributed by atoms with Crippen LogP contribution in [-0.4, -0.2) is 27.4 Å². The first-order valence-electron chi connectivity index (χ1n) is 6.34. The Bertz CT molecular complexity index is 813. The molecule has 0 aliphatic heterocycles. The molecule has 2 aromatic rings. The molecule has 0 unspecified atom stereocenters. The number of halogens is 2. The highest BCUT2D eigenvalue weighted by atomic mass is 35.5. The van der Waals surface area contributed by atoms with Crippen molar-refractivity contribution < 1.29 is 4.79 Å². The van der Waals surface area contributed by atoms with E-state index in [1.807, 2.05) is 0 Å². The van der Waals surface area contributed by atoms with Crippen molar-refractivity contribution in [3.8, 4) is 0 Å². The Hall–Kier alpha value is -2.05. The van der Waals surface area contributed by atoms with Crippen molar-refractivity contribution in [1.82, 2.24) is 14.5 Å². The Morgan fingerprint density at radius 1 is 1.23 bits per heavy atom. The number of hydrogen-bond acceptors (Lipinski definition) is 3. The fraction of sp³-hybridized carbons (Fsp3) is 0.214. The van der Waals surface area contributed by atoms with Gasteiger partial charge < -0.3 is 4.90 Å². The molecule has 1 N–H and O–H groups in total. The fourth-order valence-electron chi connectivity index (χ4n) is 1.84. The van der Waals surface area contributed by atoms with Gasteiger partial charge >= 0.3 is 5.69 Å². The molecule has 1 amide bonds. The number of H-pyrrole nitrogens is 1. The molecule has 0 bridgehead atoms. The molecule has 22 heavy (non-hydrogen) atoms. The Balaban J connectivity index is 2.07. The molecular formula is C14H13Cl2N3O3. The monoisotopic (exact) mass is 341 g/mol. The molecule has 2 rings (SSSR count). The second-order valence-electron chi connectivity index (χ2n) is 4.74. The fourth-order valence-corrected chi connectivity index (χ4v) is 2.16. The quantitative estimate of drug-likeness (QED) is 0.915. The summed E-state index contributed by atoms with van der Waals surface area (Å²) in [5.41, 5.74) is -0.305. The first-order chi connectivity index (χ1) is 10.4. The zero-order valence-electron chi connectivity index (χ0n) is 11.7. The number of carbonyl (C=O) groups excluding carboxylic acids is 1. The zero-order chi connectivity index (χ0) is 16.3. The minimum atomic E-state index is -0.621. The highest BCUT2D eigenvalue weighted by molar-refractivity contribution is 6.42. The molecule has 1 aromatic heterocycles. The van der Waals surface area contributed by atoms with Crippen LogP contribution in [0.3, 0.4) is 0 Å². The minimum Gasteiger partial charge on any atom is -0.340 e. The summed E-state index contributed by atoms with van der Waals surface area (Å²) < 4.78 is 1.13. The predicted molar refractivity (Wildman–Crippen MR) is 84.3 cm³/mol. The third-order valence-electron chi connectivity index (χ3n) is 3.03. The maximum absolute atomic E-state index is 12.1. The van der Waals surface area contributed by atoms with Gasteiger partial charge in [0.2, 0.25) is 5.91 Å². The molecule has 6 nitrogen and oxygen atoms in total. The number of nitrogens with zero attached hydrogens (tertiary/aromatic N) is 2. The molecule has 1 heterocycles. The molecule has 0 aliphatic carbocycles. The normalized spacial score (nSPS) is 10.5. The van der Waals surface area contributed by atoms with Gasteiger partial charge in [-0.2, -0.15) is 0 Å². The first kappa shape index (κ1) is 16.3. The first-order valence-corrected chi connectivity index (χ1v) is 7.10. The van der Waals surface area contributed by atoms with E-state index in [-0.39, 0.29) is 12.5 Å². The Morgan fingerprint density at radius 3 is 2.59 bits per heavy atom. The van der Waals surface area contributed by atoms with Gasteiger partial charge in [-0.3, -0.25) is 19.1 Å². The molecule has 0 radical (unpaired) electrons. The highest BCUT2D eigenvalue weighted by Crippen LogP contribution is 2.23. The number of hydrogen-bond donors (Lipinski definition) is 1. The third-order valence-corrected chi connectivity index (χ3v) is 3.77. The molecule has 1 aromatic carbocycles. The molecule has 0 atom stereocenters. The van der Waals surface area contributed by atoms with Crippen LogP contribution in [0.1, 0.15) is 5.56 Å². The minimum absolute atomic E-state index is 0.159. The average molecular weight is 342 g/mol. The van der Waals surface area contributed by atoms with Gasteiger partial charge in [-0.05, 0) is 17.7 Å². The number of aromatic amines is 1. The molecule has 0 aliphatic rings. The average Bonchev–Trinajstić information content (AvgIpc) is 2.45. The lowest BCUT2D eigenvalue weighted by Crippen LogP contribution is -2.36. The smallest absolute Gasteiger partial charge is 0.328 e. The van der Waals surface area contributed by atoms with E-state index < -0.39 is 11.2 Å². The maximum Gasteiger partial charge on any atom is 0.328 e. The van der Waals surface area contributed by atoms with E-state index in [0.717, 1.165) is 10.1 Å². The van der Waals surface area contributed by atoms with E-state index in [0.29, 0.717) is 16.6 Å². The van der Waals surface area contributed by atoms with E-state index >= 15 is 0 Å². The molecule has 116 valence electrons. The van der Waals surface area contributed by atoms with Gasteiger partial charge in [0.1, 0.15) is 6.54 Å². The van der Waals surface area contributed by atoms with Crippen LogP contribution in [-0.2, 0) is 17.9 Å². The molecule has 0 saturated heterocycles. The SMILES string of the molecule is CN(Cc1ccc(Cl)c(Cl)c1)C(=O)Cn1ccc(=O)[nH]c1=O. The summed E-state index contributed by atoms with van der Waals surface area (Å²) in [6.07, 6.45) is 1.28. The number of benzene rings is 1. The number of nitrogens with one attached hydrogen (secondary N) is 1. The maximum atomic E-state index is 12.1. The number of aromatic nitrogens is 2. The molecule has 0 saturated carbocycles. The van der Waals surface area contributed by atoms with Crippen molar-refractivity contribution in [3.63, 3.8) is 0 Å². The van der Waals surface area contributed by atoms with Crippen molar-refractivity contribution in [1.29, 1.82) is 0 Å². The third kappa shape index (κ3) is 3.99. The van der Waals surface area contributed by atoms with Crippen LogP contribution in [0.5, 0.6) is 0 Å². The van der Waals surface area contributed by atoms with E-state index in [9.17, 15) is 14.4 Å². The second-order valence-corrected chi connectivity index (χ2v) is 5.55. The summed E-state index contributed by atoms with van der Waals surface area (Å²) in [5, 5.41) is 0.857. The van der Waals surface area contributed by atoms with Crippen LogP contribution in [0.25, 0.3) is 0 Å². The van der Waals surface area contributed by atoms with Crippen molar-refractivity contribution >= 4 is 29.1 Å². The Labute approximate surface area is 135 Å². The van der Waals surface area contributed by atoms with Gasteiger partial charge in [-0.15, -0.1) is 0 Å². The van der Waals surface area contributed by atoms with Crippen molar-refractivity contribution in [2.24, 2.45) is 0 Å².